The van der Waals surface area contributed by atoms with Crippen LogP contribution in [0.3, 0.4) is 0 Å². The second-order valence-electron chi connectivity index (χ2n) is 6.89. The van der Waals surface area contributed by atoms with Crippen molar-refractivity contribution in [3.05, 3.63) is 42.1 Å². The van der Waals surface area contributed by atoms with Crippen LogP contribution < -0.4 is 21.1 Å². The Kier molecular flexibility index (Phi) is 6.10. The van der Waals surface area contributed by atoms with Crippen molar-refractivity contribution in [2.75, 3.05) is 16.9 Å². The third kappa shape index (κ3) is 5.64. The average molecular weight is 404 g/mol. The van der Waals surface area contributed by atoms with Crippen molar-refractivity contribution < 1.29 is 13.2 Å². The van der Waals surface area contributed by atoms with Gasteiger partial charge in [0.1, 0.15) is 11.4 Å². The molecule has 150 valence electrons. The lowest BCUT2D eigenvalue weighted by molar-refractivity contribution is 0.100. The normalized spacial score (nSPS) is 19.8. The van der Waals surface area contributed by atoms with Gasteiger partial charge in [0.05, 0.1) is 6.26 Å². The van der Waals surface area contributed by atoms with E-state index in [1.54, 1.807) is 0 Å². The van der Waals surface area contributed by atoms with Gasteiger partial charge in [-0.1, -0.05) is 18.2 Å². The Balaban J connectivity index is 1.68. The average Bonchev–Trinajstić information content (AvgIpc) is 2.63. The number of carbonyl (C=O) groups is 1. The van der Waals surface area contributed by atoms with Crippen LogP contribution in [0.1, 0.15) is 36.0 Å². The van der Waals surface area contributed by atoms with Crippen LogP contribution in [-0.4, -0.2) is 42.6 Å². The molecule has 10 heteroatoms. The number of hydrogen-bond donors (Lipinski definition) is 4. The van der Waals surface area contributed by atoms with Gasteiger partial charge < -0.3 is 16.4 Å². The van der Waals surface area contributed by atoms with Gasteiger partial charge >= 0.3 is 0 Å². The van der Waals surface area contributed by atoms with E-state index < -0.39 is 15.9 Å². The van der Waals surface area contributed by atoms with Crippen molar-refractivity contribution in [3.63, 3.8) is 0 Å². The first kappa shape index (κ1) is 20.0. The largest absolute Gasteiger partial charge is 0.365 e. The SMILES string of the molecule is CS(=O)(=O)N[C@H]1CC[C@H](Nc2ncc(C(N)=O)c(Nc3ccccc3)n2)CC1. The molecule has 0 bridgehead atoms. The molecule has 0 radical (unpaired) electrons. The molecule has 1 aromatic carbocycles. The smallest absolute Gasteiger partial charge is 0.254 e. The molecule has 28 heavy (non-hydrogen) atoms. The fourth-order valence-corrected chi connectivity index (χ4v) is 4.07. The zero-order valence-electron chi connectivity index (χ0n) is 15.6. The van der Waals surface area contributed by atoms with Crippen molar-refractivity contribution in [1.29, 1.82) is 0 Å². The summed E-state index contributed by atoms with van der Waals surface area (Å²) in [6.45, 7) is 0. The number of benzene rings is 1. The summed E-state index contributed by atoms with van der Waals surface area (Å²) in [5, 5.41) is 6.36. The number of aromatic nitrogens is 2. The second-order valence-corrected chi connectivity index (χ2v) is 8.67. The van der Waals surface area contributed by atoms with E-state index in [0.717, 1.165) is 31.4 Å². The number of nitrogens with one attached hydrogen (secondary N) is 3. The van der Waals surface area contributed by atoms with E-state index in [-0.39, 0.29) is 17.6 Å². The molecule has 5 N–H and O–H groups in total. The summed E-state index contributed by atoms with van der Waals surface area (Å²) in [6.07, 6.45) is 5.62. The first-order valence-corrected chi connectivity index (χ1v) is 10.9. The standard InChI is InChI=1S/C18H24N6O3S/c1-28(26,27)24-14-9-7-13(8-10-14)22-18-20-11-15(16(19)25)17(23-18)21-12-5-3-2-4-6-12/h2-6,11,13-14,24H,7-10H2,1H3,(H2,19,25)(H2,20,21,22,23)/t13-,14-. The van der Waals surface area contributed by atoms with E-state index in [9.17, 15) is 13.2 Å². The number of nitrogens with zero attached hydrogens (tertiary/aromatic N) is 2. The maximum atomic E-state index is 11.7. The Morgan fingerprint density at radius 2 is 1.75 bits per heavy atom. The molecule has 9 nitrogen and oxygen atoms in total. The third-order valence-electron chi connectivity index (χ3n) is 4.53. The number of sulfonamides is 1. The van der Waals surface area contributed by atoms with Crippen molar-refractivity contribution in [2.24, 2.45) is 5.73 Å². The van der Waals surface area contributed by atoms with E-state index in [1.165, 1.54) is 12.5 Å². The monoisotopic (exact) mass is 404 g/mol. The minimum Gasteiger partial charge on any atom is -0.365 e. The van der Waals surface area contributed by atoms with E-state index >= 15 is 0 Å². The van der Waals surface area contributed by atoms with Gasteiger partial charge in [-0.2, -0.15) is 4.98 Å². The zero-order chi connectivity index (χ0) is 20.1. The zero-order valence-corrected chi connectivity index (χ0v) is 16.4. The van der Waals surface area contributed by atoms with Crippen LogP contribution in [0.4, 0.5) is 17.5 Å². The number of para-hydroxylation sites is 1. The summed E-state index contributed by atoms with van der Waals surface area (Å²) < 4.78 is 25.4. The van der Waals surface area contributed by atoms with Crippen molar-refractivity contribution in [3.8, 4) is 0 Å². The molecule has 0 saturated heterocycles. The highest BCUT2D eigenvalue weighted by molar-refractivity contribution is 7.88. The fraction of sp³-hybridized carbons (Fsp3) is 0.389. The number of nitrogens with two attached hydrogens (primary N) is 1. The highest BCUT2D eigenvalue weighted by atomic mass is 32.2. The number of primary amides is 1. The summed E-state index contributed by atoms with van der Waals surface area (Å²) in [5.74, 6) is 0.115. The molecule has 0 atom stereocenters. The van der Waals surface area contributed by atoms with Gasteiger partial charge in [0.2, 0.25) is 16.0 Å². The number of rotatable bonds is 7. The highest BCUT2D eigenvalue weighted by Crippen LogP contribution is 2.24. The lowest BCUT2D eigenvalue weighted by Crippen LogP contribution is -2.39. The topological polar surface area (TPSA) is 139 Å². The van der Waals surface area contributed by atoms with E-state index in [2.05, 4.69) is 25.3 Å². The van der Waals surface area contributed by atoms with Gasteiger partial charge in [0.15, 0.2) is 0 Å². The lowest BCUT2D eigenvalue weighted by Gasteiger charge is -2.29. The molecule has 1 fully saturated rings. The molecule has 0 aliphatic heterocycles. The lowest BCUT2D eigenvalue weighted by atomic mass is 9.92. The van der Waals surface area contributed by atoms with Crippen molar-refractivity contribution in [1.82, 2.24) is 14.7 Å². The molecule has 1 amide bonds. The Labute approximate surface area is 164 Å². The molecule has 1 saturated carbocycles. The summed E-state index contributed by atoms with van der Waals surface area (Å²) >= 11 is 0. The molecule has 3 rings (SSSR count). The molecule has 1 aliphatic rings. The van der Waals surface area contributed by atoms with Crippen LogP contribution >= 0.6 is 0 Å². The molecule has 1 aromatic heterocycles. The van der Waals surface area contributed by atoms with Crippen LogP contribution in [0.15, 0.2) is 36.5 Å². The number of hydrogen-bond acceptors (Lipinski definition) is 7. The Morgan fingerprint density at radius 3 is 2.36 bits per heavy atom. The van der Waals surface area contributed by atoms with Crippen LogP contribution in [-0.2, 0) is 10.0 Å². The minimum absolute atomic E-state index is 0.0403. The maximum absolute atomic E-state index is 11.7. The van der Waals surface area contributed by atoms with E-state index in [4.69, 9.17) is 5.73 Å². The van der Waals surface area contributed by atoms with Gasteiger partial charge in [0, 0.05) is 24.0 Å². The van der Waals surface area contributed by atoms with Crippen molar-refractivity contribution >= 4 is 33.4 Å². The second kappa shape index (κ2) is 8.53. The van der Waals surface area contributed by atoms with Gasteiger partial charge in [-0.05, 0) is 37.8 Å². The molecule has 1 heterocycles. The molecule has 0 spiro atoms. The van der Waals surface area contributed by atoms with Gasteiger partial charge in [0.25, 0.3) is 5.91 Å². The van der Waals surface area contributed by atoms with Gasteiger partial charge in [-0.15, -0.1) is 0 Å². The maximum Gasteiger partial charge on any atom is 0.254 e. The first-order valence-electron chi connectivity index (χ1n) is 9.03. The summed E-state index contributed by atoms with van der Waals surface area (Å²) in [4.78, 5) is 20.3. The van der Waals surface area contributed by atoms with Gasteiger partial charge in [-0.3, -0.25) is 4.79 Å². The third-order valence-corrected chi connectivity index (χ3v) is 5.29. The molecular weight excluding hydrogens is 380 g/mol. The number of anilines is 3. The molecule has 2 aromatic rings. The molecule has 0 unspecified atom stereocenters. The number of carbonyl (C=O) groups excluding carboxylic acids is 1. The fourth-order valence-electron chi connectivity index (χ4n) is 3.23. The van der Waals surface area contributed by atoms with E-state index in [1.807, 2.05) is 30.3 Å². The Hall–Kier alpha value is -2.72. The van der Waals surface area contributed by atoms with Crippen molar-refractivity contribution in [2.45, 2.75) is 37.8 Å². The predicted molar refractivity (Wildman–Crippen MR) is 108 cm³/mol. The summed E-state index contributed by atoms with van der Waals surface area (Å²) in [5.41, 5.74) is 6.42. The predicted octanol–water partition coefficient (Wildman–Crippen LogP) is 1.59. The van der Waals surface area contributed by atoms with Crippen LogP contribution in [0.25, 0.3) is 0 Å². The number of amides is 1. The van der Waals surface area contributed by atoms with Crippen LogP contribution in [0.5, 0.6) is 0 Å². The minimum atomic E-state index is -3.20. The summed E-state index contributed by atoms with van der Waals surface area (Å²) in [6, 6.07) is 9.43. The van der Waals surface area contributed by atoms with E-state index in [0.29, 0.717) is 11.8 Å². The Morgan fingerprint density at radius 1 is 1.11 bits per heavy atom. The first-order chi connectivity index (χ1) is 13.3. The van der Waals surface area contributed by atoms with Crippen LogP contribution in [0.2, 0.25) is 0 Å². The quantitative estimate of drug-likeness (QED) is 0.549. The summed E-state index contributed by atoms with van der Waals surface area (Å²) in [7, 11) is -3.20. The molecule has 1 aliphatic carbocycles. The van der Waals surface area contributed by atoms with Gasteiger partial charge in [-0.25, -0.2) is 18.1 Å². The highest BCUT2D eigenvalue weighted by Gasteiger charge is 2.24. The molecular formula is C18H24N6O3S. The Bertz CT molecular complexity index is 928. The van der Waals surface area contributed by atoms with Crippen LogP contribution in [0, 0.1) is 0 Å².